The normalized spacial score (nSPS) is 12.0. The molecule has 0 aliphatic heterocycles. The fourth-order valence-corrected chi connectivity index (χ4v) is 3.78. The number of fused-ring (bicyclic) bond motifs is 1. The molecule has 1 heterocycles. The Kier molecular flexibility index (Phi) is 5.74. The third-order valence-electron chi connectivity index (χ3n) is 5.46. The van der Waals surface area contributed by atoms with Crippen LogP contribution in [0.1, 0.15) is 34.7 Å². The van der Waals surface area contributed by atoms with Crippen LogP contribution < -0.4 is 5.56 Å². The lowest BCUT2D eigenvalue weighted by Gasteiger charge is -2.27. The third kappa shape index (κ3) is 4.03. The average molecular weight is 476 g/mol. The number of carbonyl (C=O) groups excluding carboxylic acids is 1. The first-order chi connectivity index (χ1) is 14.9. The summed E-state index contributed by atoms with van der Waals surface area (Å²) in [6.07, 6.45) is 0. The lowest BCUT2D eigenvalue weighted by molar-refractivity contribution is 0.0735. The lowest BCUT2D eigenvalue weighted by atomic mass is 10.1. The quantitative estimate of drug-likeness (QED) is 0.402. The van der Waals surface area contributed by atoms with E-state index in [0.29, 0.717) is 28.0 Å². The topological polar surface area (TPSA) is 55.2 Å². The van der Waals surface area contributed by atoms with E-state index >= 15 is 0 Å². The Labute approximate surface area is 189 Å². The van der Waals surface area contributed by atoms with E-state index in [1.165, 1.54) is 0 Å². The number of aryl methyl sites for hydroxylation is 1. The molecule has 4 rings (SSSR count). The van der Waals surface area contributed by atoms with Gasteiger partial charge in [0.1, 0.15) is 5.82 Å². The Morgan fingerprint density at radius 3 is 2.32 bits per heavy atom. The molecule has 5 nitrogen and oxygen atoms in total. The Hall–Kier alpha value is -3.25. The second-order valence-electron chi connectivity index (χ2n) is 7.56. The Bertz CT molecular complexity index is 1310. The van der Waals surface area contributed by atoms with Crippen molar-refractivity contribution in [1.82, 2.24) is 14.5 Å². The molecule has 0 fully saturated rings. The predicted octanol–water partition coefficient (Wildman–Crippen LogP) is 5.29. The van der Waals surface area contributed by atoms with Gasteiger partial charge in [0.2, 0.25) is 0 Å². The SMILES string of the molecule is Cc1ccc(C(=O)N(C)C(C)c2nc3ccccc3c(=O)n2-c2ccc(Br)cc2)cc1. The van der Waals surface area contributed by atoms with Gasteiger partial charge in [0.05, 0.1) is 22.6 Å². The van der Waals surface area contributed by atoms with Crippen LogP contribution in [0.2, 0.25) is 0 Å². The molecule has 6 heteroatoms. The summed E-state index contributed by atoms with van der Waals surface area (Å²) in [6, 6.07) is 21.8. The maximum atomic E-state index is 13.4. The molecule has 156 valence electrons. The highest BCUT2D eigenvalue weighted by atomic mass is 79.9. The zero-order valence-corrected chi connectivity index (χ0v) is 19.1. The lowest BCUT2D eigenvalue weighted by Crippen LogP contribution is -2.34. The summed E-state index contributed by atoms with van der Waals surface area (Å²) in [4.78, 5) is 33.0. The molecule has 0 spiro atoms. The second kappa shape index (κ2) is 8.47. The van der Waals surface area contributed by atoms with Crippen LogP contribution in [0.3, 0.4) is 0 Å². The van der Waals surface area contributed by atoms with Crippen molar-refractivity contribution >= 4 is 32.7 Å². The maximum Gasteiger partial charge on any atom is 0.266 e. The summed E-state index contributed by atoms with van der Waals surface area (Å²) < 4.78 is 2.51. The van der Waals surface area contributed by atoms with Gasteiger partial charge in [0.15, 0.2) is 0 Å². The van der Waals surface area contributed by atoms with Crippen molar-refractivity contribution < 1.29 is 4.79 Å². The molecule has 3 aromatic carbocycles. The fourth-order valence-electron chi connectivity index (χ4n) is 3.52. The van der Waals surface area contributed by atoms with E-state index in [-0.39, 0.29) is 11.5 Å². The van der Waals surface area contributed by atoms with Gasteiger partial charge in [-0.05, 0) is 62.4 Å². The molecule has 0 N–H and O–H groups in total. The summed E-state index contributed by atoms with van der Waals surface area (Å²) in [5.74, 6) is 0.381. The van der Waals surface area contributed by atoms with Gasteiger partial charge in [-0.3, -0.25) is 14.2 Å². The van der Waals surface area contributed by atoms with Crippen molar-refractivity contribution in [3.63, 3.8) is 0 Å². The smallest absolute Gasteiger partial charge is 0.266 e. The molecule has 0 saturated heterocycles. The number of aromatic nitrogens is 2. The van der Waals surface area contributed by atoms with Crippen LogP contribution >= 0.6 is 15.9 Å². The maximum absolute atomic E-state index is 13.4. The highest BCUT2D eigenvalue weighted by Gasteiger charge is 2.25. The number of hydrogen-bond acceptors (Lipinski definition) is 3. The monoisotopic (exact) mass is 475 g/mol. The highest BCUT2D eigenvalue weighted by molar-refractivity contribution is 9.10. The van der Waals surface area contributed by atoms with E-state index in [4.69, 9.17) is 4.98 Å². The fraction of sp³-hybridized carbons (Fsp3) is 0.160. The van der Waals surface area contributed by atoms with Crippen LogP contribution in [0.25, 0.3) is 16.6 Å². The van der Waals surface area contributed by atoms with Gasteiger partial charge in [0.25, 0.3) is 11.5 Å². The van der Waals surface area contributed by atoms with Crippen molar-refractivity contribution in [3.8, 4) is 5.69 Å². The van der Waals surface area contributed by atoms with Crippen molar-refractivity contribution in [2.45, 2.75) is 19.9 Å². The number of carbonyl (C=O) groups is 1. The minimum Gasteiger partial charge on any atom is -0.332 e. The predicted molar refractivity (Wildman–Crippen MR) is 127 cm³/mol. The number of halogens is 1. The molecular weight excluding hydrogens is 454 g/mol. The Morgan fingerprint density at radius 2 is 1.65 bits per heavy atom. The van der Waals surface area contributed by atoms with Gasteiger partial charge in [-0.25, -0.2) is 4.98 Å². The number of para-hydroxylation sites is 1. The molecule has 1 atom stereocenters. The van der Waals surface area contributed by atoms with E-state index in [9.17, 15) is 9.59 Å². The average Bonchev–Trinajstić information content (AvgIpc) is 2.79. The molecule has 0 aliphatic carbocycles. The largest absolute Gasteiger partial charge is 0.332 e. The minimum absolute atomic E-state index is 0.128. The van der Waals surface area contributed by atoms with Crippen LogP contribution in [-0.4, -0.2) is 27.4 Å². The van der Waals surface area contributed by atoms with Crippen LogP contribution in [0.4, 0.5) is 0 Å². The number of benzene rings is 3. The third-order valence-corrected chi connectivity index (χ3v) is 5.99. The highest BCUT2D eigenvalue weighted by Crippen LogP contribution is 2.24. The Morgan fingerprint density at radius 1 is 1.00 bits per heavy atom. The molecule has 0 bridgehead atoms. The summed E-state index contributed by atoms with van der Waals surface area (Å²) >= 11 is 3.44. The van der Waals surface area contributed by atoms with Gasteiger partial charge >= 0.3 is 0 Å². The second-order valence-corrected chi connectivity index (χ2v) is 8.48. The van der Waals surface area contributed by atoms with E-state index in [2.05, 4.69) is 15.9 Å². The number of hydrogen-bond donors (Lipinski definition) is 0. The first-order valence-electron chi connectivity index (χ1n) is 9.98. The molecule has 31 heavy (non-hydrogen) atoms. The standard InChI is InChI=1S/C25H22BrN3O2/c1-16-8-10-18(11-9-16)24(30)28(3)17(2)23-27-22-7-5-4-6-21(22)25(31)29(23)20-14-12-19(26)13-15-20/h4-15,17H,1-3H3. The molecule has 0 radical (unpaired) electrons. The Balaban J connectivity index is 1.86. The van der Waals surface area contributed by atoms with Gasteiger partial charge in [-0.1, -0.05) is 45.8 Å². The first-order valence-corrected chi connectivity index (χ1v) is 10.8. The van der Waals surface area contributed by atoms with E-state index in [1.807, 2.05) is 80.6 Å². The van der Waals surface area contributed by atoms with Crippen LogP contribution in [0.15, 0.2) is 82.1 Å². The van der Waals surface area contributed by atoms with Crippen LogP contribution in [0, 0.1) is 6.92 Å². The summed E-state index contributed by atoms with van der Waals surface area (Å²) in [7, 11) is 1.74. The summed E-state index contributed by atoms with van der Waals surface area (Å²) in [5.41, 5.74) is 2.83. The number of nitrogens with zero attached hydrogens (tertiary/aromatic N) is 3. The molecule has 1 amide bonds. The van der Waals surface area contributed by atoms with Crippen LogP contribution in [-0.2, 0) is 0 Å². The molecule has 4 aromatic rings. The van der Waals surface area contributed by atoms with Crippen molar-refractivity contribution in [2.24, 2.45) is 0 Å². The van der Waals surface area contributed by atoms with Crippen LogP contribution in [0.5, 0.6) is 0 Å². The van der Waals surface area contributed by atoms with E-state index < -0.39 is 6.04 Å². The molecule has 0 saturated carbocycles. The van der Waals surface area contributed by atoms with Crippen molar-refractivity contribution in [3.05, 3.63) is 105 Å². The first kappa shape index (κ1) is 21.0. The summed E-state index contributed by atoms with van der Waals surface area (Å²) in [5, 5.41) is 0.536. The molecule has 1 unspecified atom stereocenters. The van der Waals surface area contributed by atoms with Crippen molar-refractivity contribution in [2.75, 3.05) is 7.05 Å². The molecule has 0 aliphatic rings. The zero-order chi connectivity index (χ0) is 22.1. The van der Waals surface area contributed by atoms with Gasteiger partial charge in [-0.2, -0.15) is 0 Å². The van der Waals surface area contributed by atoms with E-state index in [1.54, 1.807) is 22.6 Å². The van der Waals surface area contributed by atoms with Gasteiger partial charge in [-0.15, -0.1) is 0 Å². The van der Waals surface area contributed by atoms with Crippen molar-refractivity contribution in [1.29, 1.82) is 0 Å². The molecular formula is C25H22BrN3O2. The van der Waals surface area contributed by atoms with Gasteiger partial charge in [0, 0.05) is 17.1 Å². The molecule has 1 aromatic heterocycles. The minimum atomic E-state index is -0.435. The summed E-state index contributed by atoms with van der Waals surface area (Å²) in [6.45, 7) is 3.87. The number of amides is 1. The van der Waals surface area contributed by atoms with Gasteiger partial charge < -0.3 is 4.90 Å². The zero-order valence-electron chi connectivity index (χ0n) is 17.5. The number of rotatable bonds is 4. The van der Waals surface area contributed by atoms with E-state index in [0.717, 1.165) is 10.0 Å².